The molecule has 164 valence electrons. The SMILES string of the molecule is CC(C)c1ccc(C(=O)OC(=O)c2cccc(CCCOC(=O)c3ccccc3)c2)cc1. The van der Waals surface area contributed by atoms with Crippen molar-refractivity contribution in [3.05, 3.63) is 107 Å². The van der Waals surface area contributed by atoms with E-state index in [-0.39, 0.29) is 12.6 Å². The maximum absolute atomic E-state index is 12.4. The predicted molar refractivity (Wildman–Crippen MR) is 122 cm³/mol. The first kappa shape index (κ1) is 22.9. The number of esters is 3. The molecule has 0 spiro atoms. The molecule has 0 saturated heterocycles. The van der Waals surface area contributed by atoms with Crippen LogP contribution < -0.4 is 0 Å². The molecular weight excluding hydrogens is 404 g/mol. The molecule has 0 unspecified atom stereocenters. The minimum atomic E-state index is -0.694. The summed E-state index contributed by atoms with van der Waals surface area (Å²) in [4.78, 5) is 36.7. The molecule has 0 heterocycles. The first-order valence-corrected chi connectivity index (χ1v) is 10.6. The third-order valence-electron chi connectivity index (χ3n) is 5.01. The van der Waals surface area contributed by atoms with Gasteiger partial charge in [0, 0.05) is 0 Å². The third kappa shape index (κ3) is 6.38. The zero-order chi connectivity index (χ0) is 22.9. The van der Waals surface area contributed by atoms with Crippen LogP contribution in [0.1, 0.15) is 68.4 Å². The molecule has 0 aromatic heterocycles. The Morgan fingerprint density at radius 3 is 2.03 bits per heavy atom. The molecule has 3 aromatic carbocycles. The molecule has 0 radical (unpaired) electrons. The van der Waals surface area contributed by atoms with Gasteiger partial charge in [0.15, 0.2) is 0 Å². The summed E-state index contributed by atoms with van der Waals surface area (Å²) in [6.45, 7) is 4.40. The number of aryl methyl sites for hydroxylation is 1. The molecule has 5 nitrogen and oxygen atoms in total. The van der Waals surface area contributed by atoms with E-state index in [9.17, 15) is 14.4 Å². The second-order valence-corrected chi connectivity index (χ2v) is 7.76. The van der Waals surface area contributed by atoms with Crippen molar-refractivity contribution in [3.63, 3.8) is 0 Å². The van der Waals surface area contributed by atoms with Crippen LogP contribution in [-0.4, -0.2) is 24.5 Å². The van der Waals surface area contributed by atoms with Gasteiger partial charge in [-0.25, -0.2) is 14.4 Å². The van der Waals surface area contributed by atoms with Crippen molar-refractivity contribution in [1.29, 1.82) is 0 Å². The Labute approximate surface area is 188 Å². The molecule has 0 fully saturated rings. The second kappa shape index (κ2) is 11.0. The van der Waals surface area contributed by atoms with Gasteiger partial charge in [0.05, 0.1) is 23.3 Å². The Hall–Kier alpha value is -3.73. The molecule has 5 heteroatoms. The number of rotatable bonds is 8. The fourth-order valence-corrected chi connectivity index (χ4v) is 3.16. The Balaban J connectivity index is 1.50. The fourth-order valence-electron chi connectivity index (χ4n) is 3.16. The molecule has 0 atom stereocenters. The zero-order valence-corrected chi connectivity index (χ0v) is 18.2. The van der Waals surface area contributed by atoms with Crippen LogP contribution >= 0.6 is 0 Å². The van der Waals surface area contributed by atoms with E-state index in [1.807, 2.05) is 24.3 Å². The summed E-state index contributed by atoms with van der Waals surface area (Å²) < 4.78 is 10.3. The normalized spacial score (nSPS) is 10.6. The van der Waals surface area contributed by atoms with E-state index in [1.165, 1.54) is 0 Å². The molecule has 3 rings (SSSR count). The van der Waals surface area contributed by atoms with Gasteiger partial charge in [-0.05, 0) is 66.3 Å². The van der Waals surface area contributed by atoms with Crippen LogP contribution in [0, 0.1) is 0 Å². The molecule has 32 heavy (non-hydrogen) atoms. The largest absolute Gasteiger partial charge is 0.462 e. The maximum Gasteiger partial charge on any atom is 0.346 e. The molecule has 0 aliphatic rings. The van der Waals surface area contributed by atoms with Crippen LogP contribution in [0.25, 0.3) is 0 Å². The maximum atomic E-state index is 12.4. The van der Waals surface area contributed by atoms with E-state index in [0.29, 0.717) is 35.4 Å². The van der Waals surface area contributed by atoms with E-state index >= 15 is 0 Å². The first-order valence-electron chi connectivity index (χ1n) is 10.6. The van der Waals surface area contributed by atoms with Gasteiger partial charge in [-0.1, -0.05) is 56.3 Å². The highest BCUT2D eigenvalue weighted by molar-refractivity contribution is 6.02. The number of hydrogen-bond donors (Lipinski definition) is 0. The summed E-state index contributed by atoms with van der Waals surface area (Å²) in [5.74, 6) is -1.38. The topological polar surface area (TPSA) is 69.7 Å². The van der Waals surface area contributed by atoms with Crippen molar-refractivity contribution in [2.45, 2.75) is 32.6 Å². The highest BCUT2D eigenvalue weighted by atomic mass is 16.6. The summed E-state index contributed by atoms with van der Waals surface area (Å²) in [6, 6.07) is 22.8. The predicted octanol–water partition coefficient (Wildman–Crippen LogP) is 5.60. The summed E-state index contributed by atoms with van der Waals surface area (Å²) >= 11 is 0. The van der Waals surface area contributed by atoms with E-state index in [1.54, 1.807) is 54.6 Å². The molecular formula is C27H26O5. The number of carbonyl (C=O) groups excluding carboxylic acids is 3. The second-order valence-electron chi connectivity index (χ2n) is 7.76. The van der Waals surface area contributed by atoms with Crippen molar-refractivity contribution < 1.29 is 23.9 Å². The van der Waals surface area contributed by atoms with Gasteiger partial charge in [0.1, 0.15) is 0 Å². The van der Waals surface area contributed by atoms with Crippen LogP contribution in [0.3, 0.4) is 0 Å². The minimum Gasteiger partial charge on any atom is -0.462 e. The molecule has 0 N–H and O–H groups in total. The Bertz CT molecular complexity index is 1070. The molecule has 3 aromatic rings. The van der Waals surface area contributed by atoms with Crippen molar-refractivity contribution in [3.8, 4) is 0 Å². The lowest BCUT2D eigenvalue weighted by atomic mass is 10.0. The summed E-state index contributed by atoms with van der Waals surface area (Å²) in [6.07, 6.45) is 1.23. The number of ether oxygens (including phenoxy) is 2. The number of carbonyl (C=O) groups is 3. The molecule has 0 aliphatic carbocycles. The van der Waals surface area contributed by atoms with Gasteiger partial charge < -0.3 is 9.47 Å². The minimum absolute atomic E-state index is 0.271. The molecule has 0 bridgehead atoms. The number of benzene rings is 3. The first-order chi connectivity index (χ1) is 15.4. The molecule has 0 aliphatic heterocycles. The van der Waals surface area contributed by atoms with Crippen molar-refractivity contribution >= 4 is 17.9 Å². The smallest absolute Gasteiger partial charge is 0.346 e. The highest BCUT2D eigenvalue weighted by Crippen LogP contribution is 2.16. The average molecular weight is 431 g/mol. The Kier molecular flexibility index (Phi) is 7.92. The van der Waals surface area contributed by atoms with Crippen LogP contribution in [0.2, 0.25) is 0 Å². The van der Waals surface area contributed by atoms with Crippen LogP contribution in [0.5, 0.6) is 0 Å². The van der Waals surface area contributed by atoms with E-state index in [2.05, 4.69) is 13.8 Å². The van der Waals surface area contributed by atoms with Gasteiger partial charge in [0.25, 0.3) is 0 Å². The lowest BCUT2D eigenvalue weighted by molar-refractivity contribution is 0.0396. The van der Waals surface area contributed by atoms with Gasteiger partial charge in [-0.2, -0.15) is 0 Å². The fraction of sp³-hybridized carbons (Fsp3) is 0.222. The summed E-state index contributed by atoms with van der Waals surface area (Å²) in [5.41, 5.74) is 3.15. The summed E-state index contributed by atoms with van der Waals surface area (Å²) in [7, 11) is 0. The monoisotopic (exact) mass is 430 g/mol. The summed E-state index contributed by atoms with van der Waals surface area (Å²) in [5, 5.41) is 0. The van der Waals surface area contributed by atoms with Crippen molar-refractivity contribution in [2.24, 2.45) is 0 Å². The molecule has 0 saturated carbocycles. The standard InChI is InChI=1S/C27H26O5/c1-19(2)21-13-15-23(16-14-21)26(29)32-27(30)24-12-6-8-20(18-24)9-7-17-31-25(28)22-10-4-3-5-11-22/h3-6,8,10-16,18-19H,7,9,17H2,1-2H3. The van der Waals surface area contributed by atoms with Crippen LogP contribution in [0.4, 0.5) is 0 Å². The lowest BCUT2D eigenvalue weighted by Gasteiger charge is -2.08. The van der Waals surface area contributed by atoms with E-state index in [4.69, 9.17) is 9.47 Å². The van der Waals surface area contributed by atoms with Gasteiger partial charge in [0.2, 0.25) is 0 Å². The van der Waals surface area contributed by atoms with E-state index < -0.39 is 11.9 Å². The average Bonchev–Trinajstić information content (AvgIpc) is 2.82. The van der Waals surface area contributed by atoms with E-state index in [0.717, 1.165) is 11.1 Å². The van der Waals surface area contributed by atoms with Gasteiger partial charge >= 0.3 is 17.9 Å². The zero-order valence-electron chi connectivity index (χ0n) is 18.2. The highest BCUT2D eigenvalue weighted by Gasteiger charge is 2.16. The quantitative estimate of drug-likeness (QED) is 0.264. The van der Waals surface area contributed by atoms with Crippen LogP contribution in [0.15, 0.2) is 78.9 Å². The van der Waals surface area contributed by atoms with Gasteiger partial charge in [-0.3, -0.25) is 0 Å². The van der Waals surface area contributed by atoms with Crippen LogP contribution in [-0.2, 0) is 15.9 Å². The van der Waals surface area contributed by atoms with Crippen molar-refractivity contribution in [1.82, 2.24) is 0 Å². The Morgan fingerprint density at radius 2 is 1.34 bits per heavy atom. The number of hydrogen-bond acceptors (Lipinski definition) is 5. The van der Waals surface area contributed by atoms with Gasteiger partial charge in [-0.15, -0.1) is 0 Å². The molecule has 0 amide bonds. The Morgan fingerprint density at radius 1 is 0.719 bits per heavy atom. The lowest BCUT2D eigenvalue weighted by Crippen LogP contribution is -2.13. The van der Waals surface area contributed by atoms with Crippen molar-refractivity contribution in [2.75, 3.05) is 6.61 Å². The third-order valence-corrected chi connectivity index (χ3v) is 5.01.